The first-order valence-corrected chi connectivity index (χ1v) is 20.8. The molecule has 0 fully saturated rings. The van der Waals surface area contributed by atoms with Gasteiger partial charge in [0.15, 0.2) is 0 Å². The van der Waals surface area contributed by atoms with Gasteiger partial charge in [-0.3, -0.25) is 0 Å². The zero-order valence-corrected chi connectivity index (χ0v) is 33.4. The van der Waals surface area contributed by atoms with Crippen LogP contribution in [-0.2, 0) is 10.8 Å². The molecule has 11 rings (SSSR count). The Kier molecular flexibility index (Phi) is 7.52. The van der Waals surface area contributed by atoms with Crippen LogP contribution in [0.4, 0.5) is 34.1 Å². The quantitative estimate of drug-likeness (QED) is 0.165. The molecule has 274 valence electrons. The van der Waals surface area contributed by atoms with Gasteiger partial charge in [-0.15, -0.1) is 0 Å². The highest BCUT2D eigenvalue weighted by molar-refractivity contribution is 7.99. The molecule has 8 aromatic rings. The number of rotatable bonds is 4. The van der Waals surface area contributed by atoms with Crippen molar-refractivity contribution in [2.45, 2.75) is 48.3 Å². The summed E-state index contributed by atoms with van der Waals surface area (Å²) in [4.78, 5) is 7.47. The standard InChI is InChI=1S/C54H42N2S/c1-53(2)42-17-7-9-19-47(42)56(48-20-10-8-18-43(48)53)46-32-28-36(38-15-5-6-16-41(38)46)27-25-35-26-30-39-40-31-29-37(34-45(40)54(3,4)44(39)33-35)55-49-21-11-13-23-51(49)57-52-24-14-12-22-50(52)55/h5-34H,1-4H3/b27-25+. The molecule has 2 nitrogen and oxygen atoms in total. The van der Waals surface area contributed by atoms with Crippen LogP contribution in [0, 0.1) is 0 Å². The Bertz CT molecular complexity index is 2870. The third kappa shape index (κ3) is 5.12. The van der Waals surface area contributed by atoms with E-state index in [2.05, 4.69) is 220 Å². The fourth-order valence-corrected chi connectivity index (χ4v) is 10.8. The van der Waals surface area contributed by atoms with Gasteiger partial charge in [-0.2, -0.15) is 0 Å². The van der Waals surface area contributed by atoms with Gasteiger partial charge in [-0.1, -0.05) is 167 Å². The Hall–Kier alpha value is -6.29. The molecule has 0 saturated carbocycles. The van der Waals surface area contributed by atoms with Crippen molar-refractivity contribution in [2.24, 2.45) is 0 Å². The summed E-state index contributed by atoms with van der Waals surface area (Å²) in [5.74, 6) is 0. The number of hydrogen-bond donors (Lipinski definition) is 0. The molecule has 0 aromatic heterocycles. The van der Waals surface area contributed by atoms with Crippen LogP contribution in [0.2, 0.25) is 0 Å². The SMILES string of the molecule is CC1(C)c2cc(/C=C/c3ccc(N4c5ccccc5C(C)(C)c5ccccc54)c4ccccc34)ccc2-c2ccc(N3c4ccccc4Sc4ccccc43)cc21. The Morgan fingerprint density at radius 3 is 1.60 bits per heavy atom. The summed E-state index contributed by atoms with van der Waals surface area (Å²) in [6, 6.07) is 62.9. The average Bonchev–Trinajstić information content (AvgIpc) is 3.47. The summed E-state index contributed by atoms with van der Waals surface area (Å²) in [6.07, 6.45) is 4.59. The molecule has 0 unspecified atom stereocenters. The van der Waals surface area contributed by atoms with Gasteiger partial charge in [0.1, 0.15) is 0 Å². The lowest BCUT2D eigenvalue weighted by Gasteiger charge is -2.42. The van der Waals surface area contributed by atoms with Crippen LogP contribution in [0.1, 0.15) is 61.1 Å². The summed E-state index contributed by atoms with van der Waals surface area (Å²) < 4.78 is 0. The largest absolute Gasteiger partial charge is 0.309 e. The topological polar surface area (TPSA) is 6.48 Å². The van der Waals surface area contributed by atoms with E-state index in [1.165, 1.54) is 99.2 Å². The van der Waals surface area contributed by atoms with Crippen LogP contribution in [0.25, 0.3) is 34.1 Å². The van der Waals surface area contributed by atoms with Gasteiger partial charge in [-0.05, 0) is 104 Å². The molecular weight excluding hydrogens is 709 g/mol. The van der Waals surface area contributed by atoms with Crippen molar-refractivity contribution in [3.05, 3.63) is 203 Å². The van der Waals surface area contributed by atoms with Crippen molar-refractivity contribution in [3.63, 3.8) is 0 Å². The van der Waals surface area contributed by atoms with Crippen LogP contribution in [0.5, 0.6) is 0 Å². The van der Waals surface area contributed by atoms with Crippen molar-refractivity contribution in [2.75, 3.05) is 9.80 Å². The second-order valence-corrected chi connectivity index (χ2v) is 17.7. The van der Waals surface area contributed by atoms with Crippen molar-refractivity contribution < 1.29 is 0 Å². The molecule has 0 amide bonds. The second-order valence-electron chi connectivity index (χ2n) is 16.6. The molecule has 0 saturated heterocycles. The minimum atomic E-state index is -0.155. The summed E-state index contributed by atoms with van der Waals surface area (Å²) >= 11 is 1.85. The van der Waals surface area contributed by atoms with Crippen LogP contribution in [-0.4, -0.2) is 0 Å². The first kappa shape index (κ1) is 34.0. The molecule has 0 radical (unpaired) electrons. The lowest BCUT2D eigenvalue weighted by molar-refractivity contribution is 0.632. The van der Waals surface area contributed by atoms with E-state index in [4.69, 9.17) is 0 Å². The molecule has 57 heavy (non-hydrogen) atoms. The van der Waals surface area contributed by atoms with Gasteiger partial charge in [-0.25, -0.2) is 0 Å². The van der Waals surface area contributed by atoms with E-state index >= 15 is 0 Å². The average molecular weight is 751 g/mol. The number of anilines is 6. The zero-order chi connectivity index (χ0) is 38.5. The molecule has 8 aromatic carbocycles. The maximum absolute atomic E-state index is 2.47. The van der Waals surface area contributed by atoms with Crippen LogP contribution in [0.15, 0.2) is 180 Å². The van der Waals surface area contributed by atoms with Gasteiger partial charge >= 0.3 is 0 Å². The summed E-state index contributed by atoms with van der Waals surface area (Å²) in [6.45, 7) is 9.45. The molecule has 0 spiro atoms. The molecule has 0 atom stereocenters. The summed E-state index contributed by atoms with van der Waals surface area (Å²) in [7, 11) is 0. The van der Waals surface area contributed by atoms with Crippen LogP contribution < -0.4 is 9.80 Å². The highest BCUT2D eigenvalue weighted by Gasteiger charge is 2.38. The van der Waals surface area contributed by atoms with Gasteiger partial charge in [0.25, 0.3) is 0 Å². The Morgan fingerprint density at radius 1 is 0.404 bits per heavy atom. The number of hydrogen-bond acceptors (Lipinski definition) is 3. The van der Waals surface area contributed by atoms with E-state index in [0.29, 0.717) is 0 Å². The van der Waals surface area contributed by atoms with E-state index in [-0.39, 0.29) is 10.8 Å². The molecular formula is C54H42N2S. The van der Waals surface area contributed by atoms with Gasteiger partial charge in [0.05, 0.1) is 28.4 Å². The van der Waals surface area contributed by atoms with Crippen molar-refractivity contribution in [1.82, 2.24) is 0 Å². The van der Waals surface area contributed by atoms with Gasteiger partial charge in [0, 0.05) is 31.7 Å². The lowest BCUT2D eigenvalue weighted by atomic mass is 9.73. The number of benzene rings is 8. The molecule has 0 bridgehead atoms. The first-order valence-electron chi connectivity index (χ1n) is 19.9. The summed E-state index contributed by atoms with van der Waals surface area (Å²) in [5.41, 5.74) is 17.6. The molecule has 1 aliphatic carbocycles. The maximum atomic E-state index is 2.47. The Balaban J connectivity index is 0.952. The zero-order valence-electron chi connectivity index (χ0n) is 32.6. The Labute approximate surface area is 339 Å². The van der Waals surface area contributed by atoms with Crippen LogP contribution in [0.3, 0.4) is 0 Å². The predicted octanol–water partition coefficient (Wildman–Crippen LogP) is 15.4. The highest BCUT2D eigenvalue weighted by atomic mass is 32.2. The molecule has 0 N–H and O–H groups in total. The van der Waals surface area contributed by atoms with Gasteiger partial charge < -0.3 is 9.80 Å². The van der Waals surface area contributed by atoms with Gasteiger partial charge in [0.2, 0.25) is 0 Å². The van der Waals surface area contributed by atoms with E-state index in [1.54, 1.807) is 0 Å². The normalized spacial score (nSPS) is 15.4. The van der Waals surface area contributed by atoms with E-state index in [0.717, 1.165) is 0 Å². The van der Waals surface area contributed by atoms with Crippen LogP contribution >= 0.6 is 11.8 Å². The molecule has 3 heteroatoms. The highest BCUT2D eigenvalue weighted by Crippen LogP contribution is 2.56. The van der Waals surface area contributed by atoms with Crippen molar-refractivity contribution >= 4 is 68.8 Å². The fourth-order valence-electron chi connectivity index (χ4n) is 9.73. The number of para-hydroxylation sites is 4. The monoisotopic (exact) mass is 750 g/mol. The van der Waals surface area contributed by atoms with E-state index in [1.807, 2.05) is 11.8 Å². The summed E-state index contributed by atoms with van der Waals surface area (Å²) in [5, 5.41) is 2.48. The Morgan fingerprint density at radius 2 is 0.930 bits per heavy atom. The third-order valence-electron chi connectivity index (χ3n) is 12.6. The second kappa shape index (κ2) is 12.6. The fraction of sp³-hybridized carbons (Fsp3) is 0.111. The minimum absolute atomic E-state index is 0.0960. The molecule has 3 aliphatic rings. The minimum Gasteiger partial charge on any atom is -0.309 e. The molecule has 2 aliphatic heterocycles. The van der Waals surface area contributed by atoms with E-state index < -0.39 is 0 Å². The maximum Gasteiger partial charge on any atom is 0.0601 e. The first-order chi connectivity index (χ1) is 27.8. The lowest BCUT2D eigenvalue weighted by Crippen LogP contribution is -2.30. The van der Waals surface area contributed by atoms with Crippen molar-refractivity contribution in [1.29, 1.82) is 0 Å². The van der Waals surface area contributed by atoms with E-state index in [9.17, 15) is 0 Å². The number of fused-ring (bicyclic) bond motifs is 8. The van der Waals surface area contributed by atoms with Crippen molar-refractivity contribution in [3.8, 4) is 11.1 Å². The smallest absolute Gasteiger partial charge is 0.0601 e. The predicted molar refractivity (Wildman–Crippen MR) is 242 cm³/mol. The number of nitrogens with zero attached hydrogens (tertiary/aromatic N) is 2. The molecule has 2 heterocycles. The third-order valence-corrected chi connectivity index (χ3v) is 13.8.